The van der Waals surface area contributed by atoms with Gasteiger partial charge in [0.1, 0.15) is 0 Å². The van der Waals surface area contributed by atoms with E-state index >= 15 is 0 Å². The minimum absolute atomic E-state index is 0.398. The zero-order valence-electron chi connectivity index (χ0n) is 6.43. The van der Waals surface area contributed by atoms with E-state index in [1.165, 1.54) is 0 Å². The van der Waals surface area contributed by atoms with Crippen molar-refractivity contribution in [1.82, 2.24) is 0 Å². The van der Waals surface area contributed by atoms with Crippen LogP contribution in [0.1, 0.15) is 6.92 Å². The van der Waals surface area contributed by atoms with Gasteiger partial charge in [-0.15, -0.1) is 11.8 Å². The molecular weight excluding hydrogens is 292 g/mol. The first-order valence-corrected chi connectivity index (χ1v) is 6.85. The Morgan fingerprint density at radius 3 is 2.73 bits per heavy atom. The number of rotatable bonds is 2. The normalized spacial score (nSPS) is 39.0. The van der Waals surface area contributed by atoms with Gasteiger partial charge in [-0.1, -0.05) is 31.9 Å². The summed E-state index contributed by atoms with van der Waals surface area (Å²) in [5.74, 6) is 0. The Bertz CT molecular complexity index is 123. The van der Waals surface area contributed by atoms with Crippen molar-refractivity contribution in [3.63, 3.8) is 0 Å². The van der Waals surface area contributed by atoms with Crippen LogP contribution in [-0.4, -0.2) is 33.9 Å². The van der Waals surface area contributed by atoms with Crippen molar-refractivity contribution < 1.29 is 4.74 Å². The first-order valence-electron chi connectivity index (χ1n) is 3.67. The molecule has 0 aromatic heterocycles. The molecule has 0 aromatic rings. The summed E-state index contributed by atoms with van der Waals surface area (Å²) in [6.07, 6.45) is 0.398. The molecule has 1 fully saturated rings. The third kappa shape index (κ3) is 2.90. The smallest absolute Gasteiger partial charge is 0.0674 e. The Hall–Kier alpha value is 1.27. The molecule has 1 rings (SSSR count). The molecule has 0 amide bonds. The maximum absolute atomic E-state index is 5.60. The lowest BCUT2D eigenvalue weighted by Gasteiger charge is -2.32. The summed E-state index contributed by atoms with van der Waals surface area (Å²) in [5.41, 5.74) is 0. The van der Waals surface area contributed by atoms with Crippen LogP contribution in [0.4, 0.5) is 0 Å². The van der Waals surface area contributed by atoms with Gasteiger partial charge in [0.2, 0.25) is 0 Å². The van der Waals surface area contributed by atoms with E-state index in [1.54, 1.807) is 0 Å². The van der Waals surface area contributed by atoms with Crippen LogP contribution in [0.15, 0.2) is 0 Å². The highest BCUT2D eigenvalue weighted by Gasteiger charge is 2.27. The van der Waals surface area contributed by atoms with Crippen LogP contribution < -0.4 is 0 Å². The van der Waals surface area contributed by atoms with Gasteiger partial charge in [-0.3, -0.25) is 0 Å². The molecule has 0 aromatic carbocycles. The molecule has 0 saturated carbocycles. The average molecular weight is 304 g/mol. The first kappa shape index (κ1) is 10.4. The molecule has 0 N–H and O–H groups in total. The van der Waals surface area contributed by atoms with Crippen molar-refractivity contribution in [3.05, 3.63) is 0 Å². The highest BCUT2D eigenvalue weighted by Crippen LogP contribution is 2.30. The lowest BCUT2D eigenvalue weighted by Crippen LogP contribution is -2.36. The predicted octanol–water partition coefficient (Wildman–Crippen LogP) is 2.67. The molecule has 1 nitrogen and oxygen atoms in total. The van der Waals surface area contributed by atoms with Gasteiger partial charge in [0.25, 0.3) is 0 Å². The number of thioether (sulfide) groups is 1. The van der Waals surface area contributed by atoms with E-state index in [9.17, 15) is 0 Å². The van der Waals surface area contributed by atoms with Crippen molar-refractivity contribution >= 4 is 43.6 Å². The first-order chi connectivity index (χ1) is 5.27. The summed E-state index contributed by atoms with van der Waals surface area (Å²) in [4.78, 5) is 0. The van der Waals surface area contributed by atoms with Gasteiger partial charge in [0, 0.05) is 21.2 Å². The molecule has 1 heterocycles. The zero-order chi connectivity index (χ0) is 8.27. The Morgan fingerprint density at radius 1 is 1.45 bits per heavy atom. The number of hydrogen-bond acceptors (Lipinski definition) is 2. The van der Waals surface area contributed by atoms with Crippen LogP contribution >= 0.6 is 43.6 Å². The summed E-state index contributed by atoms with van der Waals surface area (Å²) >= 11 is 8.98. The van der Waals surface area contributed by atoms with Gasteiger partial charge < -0.3 is 4.74 Å². The molecule has 0 unspecified atom stereocenters. The van der Waals surface area contributed by atoms with E-state index in [1.807, 2.05) is 11.8 Å². The van der Waals surface area contributed by atoms with Crippen molar-refractivity contribution in [3.8, 4) is 0 Å². The van der Waals surface area contributed by atoms with E-state index in [2.05, 4.69) is 38.8 Å². The molecule has 3 atom stereocenters. The highest BCUT2D eigenvalue weighted by atomic mass is 79.9. The molecule has 66 valence electrons. The van der Waals surface area contributed by atoms with Crippen LogP contribution in [0.3, 0.4) is 0 Å². The molecule has 4 heteroatoms. The average Bonchev–Trinajstić information content (AvgIpc) is 2.05. The second-order valence-corrected chi connectivity index (χ2v) is 5.48. The third-order valence-corrected chi connectivity index (χ3v) is 5.68. The standard InChI is InChI=1S/C7H12Br2OS/c1-5-7(3-9)11-6(2-8)4-10-5/h5-7H,2-4H2,1H3/t5-,6-,7+/m1/s1. The molecule has 1 aliphatic rings. The van der Waals surface area contributed by atoms with E-state index in [-0.39, 0.29) is 0 Å². The fraction of sp³-hybridized carbons (Fsp3) is 1.00. The summed E-state index contributed by atoms with van der Waals surface area (Å²) in [6.45, 7) is 3.03. The Balaban J connectivity index is 2.37. The molecule has 0 radical (unpaired) electrons. The van der Waals surface area contributed by atoms with Crippen molar-refractivity contribution in [2.45, 2.75) is 23.5 Å². The minimum Gasteiger partial charge on any atom is -0.376 e. The topological polar surface area (TPSA) is 9.23 Å². The summed E-state index contributed by atoms with van der Waals surface area (Å²) < 4.78 is 5.60. The van der Waals surface area contributed by atoms with Gasteiger partial charge in [-0.2, -0.15) is 0 Å². The van der Waals surface area contributed by atoms with Gasteiger partial charge in [-0.05, 0) is 6.92 Å². The number of alkyl halides is 2. The van der Waals surface area contributed by atoms with Gasteiger partial charge in [0.15, 0.2) is 0 Å². The lowest BCUT2D eigenvalue weighted by molar-refractivity contribution is 0.0632. The van der Waals surface area contributed by atoms with E-state index in [4.69, 9.17) is 4.74 Å². The predicted molar refractivity (Wildman–Crippen MR) is 58.2 cm³/mol. The van der Waals surface area contributed by atoms with Crippen LogP contribution in [0, 0.1) is 0 Å². The summed E-state index contributed by atoms with van der Waals surface area (Å²) in [7, 11) is 0. The maximum Gasteiger partial charge on any atom is 0.0674 e. The van der Waals surface area contributed by atoms with Crippen molar-refractivity contribution in [2.75, 3.05) is 17.3 Å². The molecule has 0 bridgehead atoms. The number of halogens is 2. The van der Waals surface area contributed by atoms with E-state index in [0.29, 0.717) is 16.6 Å². The monoisotopic (exact) mass is 302 g/mol. The lowest BCUT2D eigenvalue weighted by atomic mass is 10.3. The Kier molecular flexibility index (Phi) is 4.80. The minimum atomic E-state index is 0.398. The van der Waals surface area contributed by atoms with Gasteiger partial charge in [-0.25, -0.2) is 0 Å². The highest BCUT2D eigenvalue weighted by molar-refractivity contribution is 9.09. The quantitative estimate of drug-likeness (QED) is 0.725. The Morgan fingerprint density at radius 2 is 2.18 bits per heavy atom. The molecule has 11 heavy (non-hydrogen) atoms. The number of hydrogen-bond donors (Lipinski definition) is 0. The summed E-state index contributed by atoms with van der Waals surface area (Å²) in [6, 6.07) is 0. The van der Waals surface area contributed by atoms with Gasteiger partial charge in [0.05, 0.1) is 12.7 Å². The number of ether oxygens (including phenoxy) is 1. The molecule has 1 saturated heterocycles. The van der Waals surface area contributed by atoms with E-state index < -0.39 is 0 Å². The zero-order valence-corrected chi connectivity index (χ0v) is 10.4. The summed E-state index contributed by atoms with van der Waals surface area (Å²) in [5, 5.41) is 3.32. The van der Waals surface area contributed by atoms with Gasteiger partial charge >= 0.3 is 0 Å². The second kappa shape index (κ2) is 5.10. The third-order valence-electron chi connectivity index (χ3n) is 1.76. The SMILES string of the molecule is C[C@H]1OC[C@@H](CBr)S[C@H]1CBr. The molecule has 1 aliphatic heterocycles. The van der Waals surface area contributed by atoms with Crippen LogP contribution in [0.25, 0.3) is 0 Å². The van der Waals surface area contributed by atoms with Crippen LogP contribution in [-0.2, 0) is 4.74 Å². The van der Waals surface area contributed by atoms with Crippen molar-refractivity contribution in [2.24, 2.45) is 0 Å². The van der Waals surface area contributed by atoms with Crippen LogP contribution in [0.5, 0.6) is 0 Å². The van der Waals surface area contributed by atoms with E-state index in [0.717, 1.165) is 17.3 Å². The molecular formula is C7H12Br2OS. The fourth-order valence-corrected chi connectivity index (χ4v) is 3.73. The van der Waals surface area contributed by atoms with Crippen molar-refractivity contribution in [1.29, 1.82) is 0 Å². The van der Waals surface area contributed by atoms with Crippen LogP contribution in [0.2, 0.25) is 0 Å². The maximum atomic E-state index is 5.60. The molecule has 0 spiro atoms. The molecule has 0 aliphatic carbocycles. The fourth-order valence-electron chi connectivity index (χ4n) is 1.01. The Labute approximate surface area is 88.9 Å². The second-order valence-electron chi connectivity index (χ2n) is 2.64. The largest absolute Gasteiger partial charge is 0.376 e.